The van der Waals surface area contributed by atoms with Crippen LogP contribution in [0, 0.1) is 18.3 Å². The maximum absolute atomic E-state index is 9.41. The first-order chi connectivity index (χ1) is 13.2. The van der Waals surface area contributed by atoms with Crippen molar-refractivity contribution >= 4 is 11.6 Å². The van der Waals surface area contributed by atoms with Crippen molar-refractivity contribution in [3.05, 3.63) is 35.8 Å². The number of rotatable bonds is 5. The molecule has 0 spiro atoms. The van der Waals surface area contributed by atoms with Gasteiger partial charge >= 0.3 is 0 Å². The quantitative estimate of drug-likeness (QED) is 0.807. The number of ether oxygens (including phenoxy) is 1. The summed E-state index contributed by atoms with van der Waals surface area (Å²) in [4.78, 5) is 18.0. The zero-order chi connectivity index (χ0) is 18.8. The van der Waals surface area contributed by atoms with E-state index in [0.717, 1.165) is 43.3 Å². The maximum Gasteiger partial charge on any atom is 0.218 e. The fourth-order valence-corrected chi connectivity index (χ4v) is 3.83. The standard InChI is InChI=1S/C20H24N6O/c1-14-3-4-15(12-21)20(24-14)25-9-7-17(8-10-25)26(16-5-6-16)18-11-19(27-2)23-13-22-18/h3-4,11,13,16-17H,5-10H2,1-2H3. The summed E-state index contributed by atoms with van der Waals surface area (Å²) < 4.78 is 5.28. The number of nitrogens with zero attached hydrogens (tertiary/aromatic N) is 6. The summed E-state index contributed by atoms with van der Waals surface area (Å²) in [6.07, 6.45) is 6.04. The van der Waals surface area contributed by atoms with E-state index in [9.17, 15) is 5.26 Å². The number of piperidine rings is 1. The van der Waals surface area contributed by atoms with Gasteiger partial charge in [-0.05, 0) is 44.7 Å². The Bertz CT molecular complexity index is 852. The molecular weight excluding hydrogens is 340 g/mol. The van der Waals surface area contributed by atoms with Crippen molar-refractivity contribution in [2.45, 2.75) is 44.7 Å². The van der Waals surface area contributed by atoms with Crippen LogP contribution >= 0.6 is 0 Å². The Balaban J connectivity index is 1.51. The van der Waals surface area contributed by atoms with Gasteiger partial charge in [0.2, 0.25) is 5.88 Å². The minimum atomic E-state index is 0.434. The van der Waals surface area contributed by atoms with Crippen molar-refractivity contribution in [2.24, 2.45) is 0 Å². The van der Waals surface area contributed by atoms with Crippen molar-refractivity contribution in [1.29, 1.82) is 5.26 Å². The third-order valence-electron chi connectivity index (χ3n) is 5.33. The van der Waals surface area contributed by atoms with Crippen molar-refractivity contribution in [3.63, 3.8) is 0 Å². The van der Waals surface area contributed by atoms with Crippen molar-refractivity contribution in [1.82, 2.24) is 15.0 Å². The molecule has 4 rings (SSSR count). The number of hydrogen-bond donors (Lipinski definition) is 0. The van der Waals surface area contributed by atoms with Crippen LogP contribution in [0.1, 0.15) is 36.9 Å². The molecule has 1 saturated carbocycles. The van der Waals surface area contributed by atoms with E-state index >= 15 is 0 Å². The minimum absolute atomic E-state index is 0.434. The van der Waals surface area contributed by atoms with E-state index < -0.39 is 0 Å². The molecule has 140 valence electrons. The predicted octanol–water partition coefficient (Wildman–Crippen LogP) is 2.70. The van der Waals surface area contributed by atoms with Gasteiger partial charge in [-0.2, -0.15) is 5.26 Å². The Labute approximate surface area is 159 Å². The van der Waals surface area contributed by atoms with E-state index in [-0.39, 0.29) is 0 Å². The first-order valence-electron chi connectivity index (χ1n) is 9.46. The number of aryl methyl sites for hydroxylation is 1. The summed E-state index contributed by atoms with van der Waals surface area (Å²) in [5.41, 5.74) is 1.59. The van der Waals surface area contributed by atoms with E-state index in [1.807, 2.05) is 25.1 Å². The van der Waals surface area contributed by atoms with E-state index in [4.69, 9.17) is 4.74 Å². The van der Waals surface area contributed by atoms with Crippen LogP contribution in [-0.4, -0.2) is 47.2 Å². The van der Waals surface area contributed by atoms with Crippen LogP contribution in [0.4, 0.5) is 11.6 Å². The van der Waals surface area contributed by atoms with Crippen LogP contribution < -0.4 is 14.5 Å². The van der Waals surface area contributed by atoms with Gasteiger partial charge < -0.3 is 14.5 Å². The van der Waals surface area contributed by atoms with Crippen molar-refractivity contribution in [2.75, 3.05) is 30.0 Å². The zero-order valence-corrected chi connectivity index (χ0v) is 15.8. The molecule has 1 saturated heterocycles. The van der Waals surface area contributed by atoms with Gasteiger partial charge in [0.15, 0.2) is 0 Å². The van der Waals surface area contributed by atoms with Gasteiger partial charge in [-0.3, -0.25) is 0 Å². The number of hydrogen-bond acceptors (Lipinski definition) is 7. The second-order valence-electron chi connectivity index (χ2n) is 7.21. The van der Waals surface area contributed by atoms with Crippen LogP contribution in [0.5, 0.6) is 5.88 Å². The lowest BCUT2D eigenvalue weighted by atomic mass is 10.0. The SMILES string of the molecule is COc1cc(N(C2CC2)C2CCN(c3nc(C)ccc3C#N)CC2)ncn1. The first-order valence-corrected chi connectivity index (χ1v) is 9.46. The van der Waals surface area contributed by atoms with E-state index in [1.54, 1.807) is 13.4 Å². The van der Waals surface area contributed by atoms with Crippen molar-refractivity contribution in [3.8, 4) is 11.9 Å². The summed E-state index contributed by atoms with van der Waals surface area (Å²) in [6.45, 7) is 3.75. The minimum Gasteiger partial charge on any atom is -0.481 e. The second kappa shape index (κ2) is 7.39. The van der Waals surface area contributed by atoms with Gasteiger partial charge in [-0.15, -0.1) is 0 Å². The van der Waals surface area contributed by atoms with Crippen LogP contribution in [0.25, 0.3) is 0 Å². The predicted molar refractivity (Wildman–Crippen MR) is 103 cm³/mol. The number of aromatic nitrogens is 3. The molecule has 0 unspecified atom stereocenters. The number of anilines is 2. The third kappa shape index (κ3) is 3.65. The Hall–Kier alpha value is -2.88. The zero-order valence-electron chi connectivity index (χ0n) is 15.8. The molecule has 2 aromatic rings. The molecule has 2 fully saturated rings. The smallest absolute Gasteiger partial charge is 0.218 e. The monoisotopic (exact) mass is 364 g/mol. The Morgan fingerprint density at radius 2 is 1.89 bits per heavy atom. The van der Waals surface area contributed by atoms with E-state index in [0.29, 0.717) is 23.5 Å². The van der Waals surface area contributed by atoms with Crippen LogP contribution in [-0.2, 0) is 0 Å². The molecule has 2 aliphatic rings. The van der Waals surface area contributed by atoms with Gasteiger partial charge in [0.05, 0.1) is 12.7 Å². The summed E-state index contributed by atoms with van der Waals surface area (Å²) in [5, 5.41) is 9.41. The molecule has 0 radical (unpaired) electrons. The molecular formula is C20H24N6O. The summed E-state index contributed by atoms with van der Waals surface area (Å²) >= 11 is 0. The largest absolute Gasteiger partial charge is 0.481 e. The molecule has 7 nitrogen and oxygen atoms in total. The molecule has 0 aromatic carbocycles. The normalized spacial score (nSPS) is 17.4. The molecule has 0 atom stereocenters. The Kier molecular flexibility index (Phi) is 4.80. The highest BCUT2D eigenvalue weighted by molar-refractivity contribution is 5.55. The van der Waals surface area contributed by atoms with Gasteiger partial charge in [-0.1, -0.05) is 0 Å². The number of pyridine rings is 1. The average molecular weight is 364 g/mol. The van der Waals surface area contributed by atoms with Crippen LogP contribution in [0.3, 0.4) is 0 Å². The molecule has 1 aliphatic carbocycles. The molecule has 2 aromatic heterocycles. The fourth-order valence-electron chi connectivity index (χ4n) is 3.83. The summed E-state index contributed by atoms with van der Waals surface area (Å²) in [5.74, 6) is 2.37. The average Bonchev–Trinajstić information content (AvgIpc) is 3.54. The molecule has 3 heterocycles. The molecule has 0 amide bonds. The maximum atomic E-state index is 9.41. The van der Waals surface area contributed by atoms with E-state index in [2.05, 4.69) is 30.8 Å². The molecule has 1 aliphatic heterocycles. The summed E-state index contributed by atoms with van der Waals surface area (Å²) in [7, 11) is 1.63. The lowest BCUT2D eigenvalue weighted by molar-refractivity contribution is 0.395. The number of methoxy groups -OCH3 is 1. The van der Waals surface area contributed by atoms with Crippen LogP contribution in [0.15, 0.2) is 24.5 Å². The third-order valence-corrected chi connectivity index (χ3v) is 5.33. The van der Waals surface area contributed by atoms with Gasteiger partial charge in [0.25, 0.3) is 0 Å². The van der Waals surface area contributed by atoms with Crippen molar-refractivity contribution < 1.29 is 4.74 Å². The molecule has 27 heavy (non-hydrogen) atoms. The highest BCUT2D eigenvalue weighted by atomic mass is 16.5. The second-order valence-corrected chi connectivity index (χ2v) is 7.21. The van der Waals surface area contributed by atoms with Gasteiger partial charge in [0, 0.05) is 36.9 Å². The first kappa shape index (κ1) is 17.5. The fraction of sp³-hybridized carbons (Fsp3) is 0.500. The van der Waals surface area contributed by atoms with Crippen LogP contribution in [0.2, 0.25) is 0 Å². The molecule has 7 heteroatoms. The topological polar surface area (TPSA) is 78.2 Å². The Morgan fingerprint density at radius 3 is 2.56 bits per heavy atom. The lowest BCUT2D eigenvalue weighted by Gasteiger charge is -2.40. The van der Waals surface area contributed by atoms with Gasteiger partial charge in [0.1, 0.15) is 24.0 Å². The Morgan fingerprint density at radius 1 is 1.15 bits per heavy atom. The van der Waals surface area contributed by atoms with E-state index in [1.165, 1.54) is 12.8 Å². The number of nitriles is 1. The van der Waals surface area contributed by atoms with Gasteiger partial charge in [-0.25, -0.2) is 15.0 Å². The highest BCUT2D eigenvalue weighted by Crippen LogP contribution is 2.36. The molecule has 0 N–H and O–H groups in total. The lowest BCUT2D eigenvalue weighted by Crippen LogP contribution is -2.47. The molecule has 0 bridgehead atoms. The summed E-state index contributed by atoms with van der Waals surface area (Å²) in [6, 6.07) is 8.97. The highest BCUT2D eigenvalue weighted by Gasteiger charge is 2.37.